The lowest BCUT2D eigenvalue weighted by molar-refractivity contribution is 0.301. The first-order valence-electron chi connectivity index (χ1n) is 12.9. The number of hydrogen-bond acceptors (Lipinski definition) is 4. The van der Waals surface area contributed by atoms with Gasteiger partial charge in [0.15, 0.2) is 11.6 Å². The van der Waals surface area contributed by atoms with Crippen molar-refractivity contribution < 1.29 is 0 Å². The summed E-state index contributed by atoms with van der Waals surface area (Å²) in [6, 6.07) is 0.680. The minimum atomic E-state index is 0.299. The van der Waals surface area contributed by atoms with Gasteiger partial charge in [-0.3, -0.25) is 0 Å². The van der Waals surface area contributed by atoms with Crippen LogP contribution in [0.3, 0.4) is 0 Å². The van der Waals surface area contributed by atoms with E-state index in [-0.39, 0.29) is 0 Å². The predicted octanol–water partition coefficient (Wildman–Crippen LogP) is 5.70. The van der Waals surface area contributed by atoms with Gasteiger partial charge in [-0.05, 0) is 54.6 Å². The summed E-state index contributed by atoms with van der Waals surface area (Å²) >= 11 is 0. The molecule has 1 fully saturated rings. The van der Waals surface area contributed by atoms with Crippen molar-refractivity contribution in [2.45, 2.75) is 37.8 Å². The lowest BCUT2D eigenvalue weighted by Gasteiger charge is -2.50. The summed E-state index contributed by atoms with van der Waals surface area (Å²) < 4.78 is 0. The van der Waals surface area contributed by atoms with E-state index >= 15 is 0 Å². The number of rotatable bonds is 0. The molecule has 3 aliphatic heterocycles. The Kier molecular flexibility index (Phi) is 3.99. The molecule has 4 aliphatic carbocycles. The summed E-state index contributed by atoms with van der Waals surface area (Å²) in [4.78, 5) is 17.9. The smallest absolute Gasteiger partial charge is 0.174 e. The van der Waals surface area contributed by atoms with Gasteiger partial charge in [-0.25, -0.2) is 15.0 Å². The topological polar surface area (TPSA) is 41.4 Å². The summed E-state index contributed by atoms with van der Waals surface area (Å²) in [6.45, 7) is 0. The Morgan fingerprint density at radius 3 is 2.82 bits per heavy atom. The third-order valence-electron chi connectivity index (χ3n) is 9.04. The van der Waals surface area contributed by atoms with Gasteiger partial charge >= 0.3 is 0 Å². The van der Waals surface area contributed by atoms with Crippen LogP contribution in [0.1, 0.15) is 30.7 Å². The van der Waals surface area contributed by atoms with E-state index in [9.17, 15) is 0 Å². The molecule has 0 aromatic carbocycles. The van der Waals surface area contributed by atoms with E-state index in [2.05, 4.69) is 82.8 Å². The first-order valence-corrected chi connectivity index (χ1v) is 12.9. The summed E-state index contributed by atoms with van der Waals surface area (Å²) in [5.41, 5.74) is 5.01. The average Bonchev–Trinajstić information content (AvgIpc) is 3.06. The van der Waals surface area contributed by atoms with Crippen molar-refractivity contribution >= 4 is 23.4 Å². The molecule has 7 aliphatic rings. The normalized spacial score (nSPS) is 37.4. The molecule has 0 saturated heterocycles. The second-order valence-electron chi connectivity index (χ2n) is 10.6. The molecule has 4 heterocycles. The van der Waals surface area contributed by atoms with Gasteiger partial charge in [0.25, 0.3) is 0 Å². The monoisotopic (exact) mass is 444 g/mol. The molecule has 7 unspecified atom stereocenters. The molecule has 1 aromatic rings. The second-order valence-corrected chi connectivity index (χ2v) is 10.6. The maximum absolute atomic E-state index is 5.33. The Balaban J connectivity index is 1.42. The lowest BCUT2D eigenvalue weighted by Crippen LogP contribution is -2.54. The molecule has 1 saturated carbocycles. The maximum Gasteiger partial charge on any atom is 0.174 e. The van der Waals surface area contributed by atoms with Crippen LogP contribution in [0.25, 0.3) is 5.57 Å². The summed E-state index contributed by atoms with van der Waals surface area (Å²) in [6.07, 6.45) is 34.4. The first kappa shape index (κ1) is 19.1. The fraction of sp³-hybridized carbons (Fsp3) is 0.367. The number of aromatic nitrogens is 2. The van der Waals surface area contributed by atoms with Gasteiger partial charge in [0, 0.05) is 24.1 Å². The zero-order chi connectivity index (χ0) is 22.2. The van der Waals surface area contributed by atoms with Gasteiger partial charge in [-0.2, -0.15) is 0 Å². The molecule has 1 aromatic heterocycles. The molecule has 2 bridgehead atoms. The predicted molar refractivity (Wildman–Crippen MR) is 137 cm³/mol. The molecule has 8 rings (SSSR count). The van der Waals surface area contributed by atoms with Gasteiger partial charge in [0.05, 0.1) is 11.7 Å². The number of nitrogens with zero attached hydrogens (tertiary/aromatic N) is 4. The highest BCUT2D eigenvalue weighted by Gasteiger charge is 2.54. The van der Waals surface area contributed by atoms with Crippen molar-refractivity contribution in [2.75, 3.05) is 4.90 Å². The average molecular weight is 445 g/mol. The van der Waals surface area contributed by atoms with Gasteiger partial charge in [0.1, 0.15) is 5.69 Å². The third kappa shape index (κ3) is 2.57. The zero-order valence-corrected chi connectivity index (χ0v) is 19.2. The highest BCUT2D eigenvalue weighted by Crippen LogP contribution is 2.57. The Morgan fingerprint density at radius 2 is 1.82 bits per heavy atom. The Hall–Kier alpha value is -3.27. The number of aryl methyl sites for hydroxylation is 1. The lowest BCUT2D eigenvalue weighted by atomic mass is 9.66. The van der Waals surface area contributed by atoms with Crippen molar-refractivity contribution in [3.63, 3.8) is 0 Å². The van der Waals surface area contributed by atoms with Crippen LogP contribution in [0.15, 0.2) is 83.5 Å². The molecule has 0 amide bonds. The van der Waals surface area contributed by atoms with Gasteiger partial charge < -0.3 is 4.90 Å². The third-order valence-corrected chi connectivity index (χ3v) is 9.04. The van der Waals surface area contributed by atoms with Crippen LogP contribution in [0.5, 0.6) is 0 Å². The number of aliphatic imine (C=N–C) groups is 1. The zero-order valence-electron chi connectivity index (χ0n) is 19.2. The Labute approximate surface area is 200 Å². The van der Waals surface area contributed by atoms with E-state index in [4.69, 9.17) is 9.97 Å². The molecule has 7 atom stereocenters. The van der Waals surface area contributed by atoms with Crippen molar-refractivity contribution in [3.05, 3.63) is 89.9 Å². The Bertz CT molecular complexity index is 1320. The first-order chi connectivity index (χ1) is 16.9. The van der Waals surface area contributed by atoms with Crippen LogP contribution in [0.4, 0.5) is 11.6 Å². The van der Waals surface area contributed by atoms with Crippen LogP contribution in [-0.2, 0) is 6.42 Å². The molecule has 0 radical (unpaired) electrons. The van der Waals surface area contributed by atoms with Gasteiger partial charge in [-0.1, -0.05) is 72.9 Å². The summed E-state index contributed by atoms with van der Waals surface area (Å²) in [5.74, 6) is 4.33. The molecular weight excluding hydrogens is 416 g/mol. The van der Waals surface area contributed by atoms with Gasteiger partial charge in [-0.15, -0.1) is 0 Å². The molecule has 168 valence electrons. The fourth-order valence-corrected chi connectivity index (χ4v) is 7.66. The SMILES string of the molecule is C1=CC2=CCC(C=C1)N1c3nc4c(nc3C3=CC=CC5C6C=CC=CC6CC2C1C35)N=CCC4. The number of fused-ring (bicyclic) bond motifs is 10. The number of hydrogen-bond donors (Lipinski definition) is 0. The molecule has 4 heteroatoms. The number of allylic oxidation sites excluding steroid dienone is 10. The van der Waals surface area contributed by atoms with E-state index in [1.54, 1.807) is 0 Å². The molecule has 4 nitrogen and oxygen atoms in total. The van der Waals surface area contributed by atoms with Crippen molar-refractivity contribution in [1.29, 1.82) is 0 Å². The van der Waals surface area contributed by atoms with Crippen molar-refractivity contribution in [1.82, 2.24) is 9.97 Å². The van der Waals surface area contributed by atoms with Crippen molar-refractivity contribution in [2.24, 2.45) is 34.6 Å². The largest absolute Gasteiger partial charge is 0.344 e. The van der Waals surface area contributed by atoms with Crippen LogP contribution < -0.4 is 4.90 Å². The summed E-state index contributed by atoms with van der Waals surface area (Å²) in [5, 5.41) is 0. The fourth-order valence-electron chi connectivity index (χ4n) is 7.66. The van der Waals surface area contributed by atoms with Crippen LogP contribution in [0.2, 0.25) is 0 Å². The highest BCUT2D eigenvalue weighted by atomic mass is 15.3. The van der Waals surface area contributed by atoms with E-state index in [0.717, 1.165) is 42.3 Å². The van der Waals surface area contributed by atoms with Gasteiger partial charge in [0.2, 0.25) is 0 Å². The van der Waals surface area contributed by atoms with Crippen LogP contribution in [-0.4, -0.2) is 28.3 Å². The van der Waals surface area contributed by atoms with E-state index in [1.165, 1.54) is 17.6 Å². The minimum Gasteiger partial charge on any atom is -0.344 e. The summed E-state index contributed by atoms with van der Waals surface area (Å²) in [7, 11) is 0. The molecule has 0 spiro atoms. The van der Waals surface area contributed by atoms with Crippen LogP contribution in [0, 0.1) is 29.6 Å². The second kappa shape index (κ2) is 7.11. The highest BCUT2D eigenvalue weighted by molar-refractivity contribution is 5.82. The molecule has 0 N–H and O–H groups in total. The minimum absolute atomic E-state index is 0.299. The standard InChI is InChI=1S/C30H28N4/c1-3-9-20-15-14-18(7-1)24-17-19-8-2-4-10-21(19)22-11-5-12-23-26(22)28(24)34(20)30-27(23)33-29-25(32-30)13-6-16-31-29/h1-5,7-12,14,16,19-22,24,26,28H,6,13,15,17H2. The van der Waals surface area contributed by atoms with E-state index in [0.29, 0.717) is 41.7 Å². The quantitative estimate of drug-likeness (QED) is 0.515. The molecule has 34 heavy (non-hydrogen) atoms. The Morgan fingerprint density at radius 1 is 0.912 bits per heavy atom. The van der Waals surface area contributed by atoms with Crippen LogP contribution >= 0.6 is 0 Å². The van der Waals surface area contributed by atoms with E-state index < -0.39 is 0 Å². The number of anilines is 1. The van der Waals surface area contributed by atoms with Crippen molar-refractivity contribution in [3.8, 4) is 0 Å². The molecular formula is C30H28N4. The maximum atomic E-state index is 5.33. The van der Waals surface area contributed by atoms with E-state index in [1.807, 2.05) is 6.21 Å².